The predicted molar refractivity (Wildman–Crippen MR) is 62.7 cm³/mol. The lowest BCUT2D eigenvalue weighted by atomic mass is 10.1. The fraction of sp³-hybridized carbons (Fsp3) is 1.00. The third-order valence-corrected chi connectivity index (χ3v) is 2.12. The van der Waals surface area contributed by atoms with Crippen molar-refractivity contribution in [2.45, 2.75) is 65.5 Å². The third-order valence-electron chi connectivity index (χ3n) is 2.12. The van der Waals surface area contributed by atoms with Crippen molar-refractivity contribution >= 4 is 0 Å². The minimum atomic E-state index is -0.00562. The summed E-state index contributed by atoms with van der Waals surface area (Å²) in [5.74, 6) is 0. The molecule has 0 aromatic carbocycles. The lowest BCUT2D eigenvalue weighted by Crippen LogP contribution is -2.32. The van der Waals surface area contributed by atoms with E-state index in [1.165, 1.54) is 19.3 Å². The van der Waals surface area contributed by atoms with E-state index in [0.717, 1.165) is 13.2 Å². The van der Waals surface area contributed by atoms with Crippen LogP contribution in [0.15, 0.2) is 0 Å². The molecular weight excluding hydrogens is 174 g/mol. The standard InChI is InChI=1S/C12H27NO/c1-6-7-8-11(2)13-9-10-14-12(3,4)5/h11,13H,6-10H2,1-5H3. The topological polar surface area (TPSA) is 21.3 Å². The average Bonchev–Trinajstić information content (AvgIpc) is 2.07. The molecule has 1 N–H and O–H groups in total. The molecule has 0 aliphatic heterocycles. The van der Waals surface area contributed by atoms with Crippen molar-refractivity contribution in [1.29, 1.82) is 0 Å². The van der Waals surface area contributed by atoms with E-state index in [0.29, 0.717) is 6.04 Å². The first-order chi connectivity index (χ1) is 6.45. The number of nitrogens with one attached hydrogen (secondary N) is 1. The van der Waals surface area contributed by atoms with Gasteiger partial charge in [-0.1, -0.05) is 19.8 Å². The monoisotopic (exact) mass is 201 g/mol. The molecule has 0 fully saturated rings. The Morgan fingerprint density at radius 3 is 2.43 bits per heavy atom. The smallest absolute Gasteiger partial charge is 0.0599 e. The zero-order chi connectivity index (χ0) is 11.0. The molecule has 1 atom stereocenters. The summed E-state index contributed by atoms with van der Waals surface area (Å²) in [6.07, 6.45) is 3.87. The Bertz CT molecular complexity index is 129. The zero-order valence-corrected chi connectivity index (χ0v) is 10.5. The molecule has 0 saturated carbocycles. The van der Waals surface area contributed by atoms with Gasteiger partial charge in [-0.3, -0.25) is 0 Å². The van der Waals surface area contributed by atoms with Crippen molar-refractivity contribution in [2.75, 3.05) is 13.2 Å². The molecule has 0 aromatic heterocycles. The van der Waals surface area contributed by atoms with Crippen LogP contribution in [0.4, 0.5) is 0 Å². The molecule has 0 bridgehead atoms. The SMILES string of the molecule is CCCCC(C)NCCOC(C)(C)C. The summed E-state index contributed by atoms with van der Waals surface area (Å²) >= 11 is 0. The summed E-state index contributed by atoms with van der Waals surface area (Å²) in [6.45, 7) is 12.5. The molecule has 0 aromatic rings. The van der Waals surface area contributed by atoms with Crippen LogP contribution < -0.4 is 5.32 Å². The molecular formula is C12H27NO. The van der Waals surface area contributed by atoms with E-state index in [4.69, 9.17) is 4.74 Å². The molecule has 0 rings (SSSR count). The summed E-state index contributed by atoms with van der Waals surface area (Å²) in [5.41, 5.74) is -0.00562. The molecule has 1 unspecified atom stereocenters. The molecule has 0 radical (unpaired) electrons. The predicted octanol–water partition coefficient (Wildman–Crippen LogP) is 2.97. The van der Waals surface area contributed by atoms with Crippen molar-refractivity contribution in [3.05, 3.63) is 0 Å². The maximum Gasteiger partial charge on any atom is 0.0599 e. The van der Waals surface area contributed by atoms with Gasteiger partial charge in [0.1, 0.15) is 0 Å². The highest BCUT2D eigenvalue weighted by atomic mass is 16.5. The fourth-order valence-electron chi connectivity index (χ4n) is 1.27. The molecule has 2 nitrogen and oxygen atoms in total. The summed E-state index contributed by atoms with van der Waals surface area (Å²) in [5, 5.41) is 3.46. The van der Waals surface area contributed by atoms with E-state index in [-0.39, 0.29) is 5.60 Å². The zero-order valence-electron chi connectivity index (χ0n) is 10.5. The van der Waals surface area contributed by atoms with E-state index in [1.807, 2.05) is 0 Å². The molecule has 2 heteroatoms. The van der Waals surface area contributed by atoms with Gasteiger partial charge in [0.15, 0.2) is 0 Å². The molecule has 86 valence electrons. The molecule has 0 aliphatic rings. The van der Waals surface area contributed by atoms with Crippen LogP contribution in [0.2, 0.25) is 0 Å². The third kappa shape index (κ3) is 10.0. The summed E-state index contributed by atoms with van der Waals surface area (Å²) in [6, 6.07) is 0.624. The second-order valence-corrected chi connectivity index (χ2v) is 4.96. The Balaban J connectivity index is 3.27. The van der Waals surface area contributed by atoms with Gasteiger partial charge in [0.25, 0.3) is 0 Å². The van der Waals surface area contributed by atoms with Crippen LogP contribution in [-0.4, -0.2) is 24.8 Å². The van der Waals surface area contributed by atoms with Gasteiger partial charge in [0.2, 0.25) is 0 Å². The van der Waals surface area contributed by atoms with Crippen LogP contribution >= 0.6 is 0 Å². The Hall–Kier alpha value is -0.0800. The average molecular weight is 201 g/mol. The van der Waals surface area contributed by atoms with Crippen LogP contribution in [0.25, 0.3) is 0 Å². The Kier molecular flexibility index (Phi) is 7.20. The van der Waals surface area contributed by atoms with Crippen molar-refractivity contribution in [2.24, 2.45) is 0 Å². The van der Waals surface area contributed by atoms with Gasteiger partial charge in [0, 0.05) is 12.6 Å². The number of ether oxygens (including phenoxy) is 1. The summed E-state index contributed by atoms with van der Waals surface area (Å²) < 4.78 is 5.62. The quantitative estimate of drug-likeness (QED) is 0.639. The fourth-order valence-corrected chi connectivity index (χ4v) is 1.27. The van der Waals surface area contributed by atoms with E-state index < -0.39 is 0 Å². The van der Waals surface area contributed by atoms with Crippen molar-refractivity contribution in [3.8, 4) is 0 Å². The maximum atomic E-state index is 5.62. The van der Waals surface area contributed by atoms with E-state index in [9.17, 15) is 0 Å². The summed E-state index contributed by atoms with van der Waals surface area (Å²) in [4.78, 5) is 0. The van der Waals surface area contributed by atoms with Gasteiger partial charge >= 0.3 is 0 Å². The second-order valence-electron chi connectivity index (χ2n) is 4.96. The Morgan fingerprint density at radius 1 is 1.29 bits per heavy atom. The molecule has 14 heavy (non-hydrogen) atoms. The van der Waals surface area contributed by atoms with Crippen LogP contribution in [0.5, 0.6) is 0 Å². The van der Waals surface area contributed by atoms with Gasteiger partial charge in [-0.15, -0.1) is 0 Å². The van der Waals surface area contributed by atoms with Crippen molar-refractivity contribution in [1.82, 2.24) is 5.32 Å². The van der Waals surface area contributed by atoms with Gasteiger partial charge in [-0.2, -0.15) is 0 Å². The molecule has 0 heterocycles. The Labute approximate surface area is 89.4 Å². The van der Waals surface area contributed by atoms with Gasteiger partial charge in [-0.05, 0) is 34.1 Å². The van der Waals surface area contributed by atoms with E-state index in [2.05, 4.69) is 39.9 Å². The van der Waals surface area contributed by atoms with Crippen LogP contribution in [0.3, 0.4) is 0 Å². The van der Waals surface area contributed by atoms with Gasteiger partial charge < -0.3 is 10.1 Å². The second kappa shape index (κ2) is 7.24. The lowest BCUT2D eigenvalue weighted by molar-refractivity contribution is -0.00155. The largest absolute Gasteiger partial charge is 0.375 e. The van der Waals surface area contributed by atoms with Crippen LogP contribution in [0, 0.1) is 0 Å². The highest BCUT2D eigenvalue weighted by molar-refractivity contribution is 4.62. The number of rotatable bonds is 7. The minimum Gasteiger partial charge on any atom is -0.375 e. The molecule has 0 saturated heterocycles. The maximum absolute atomic E-state index is 5.62. The van der Waals surface area contributed by atoms with Gasteiger partial charge in [0.05, 0.1) is 12.2 Å². The highest BCUT2D eigenvalue weighted by Crippen LogP contribution is 2.05. The van der Waals surface area contributed by atoms with Crippen molar-refractivity contribution in [3.63, 3.8) is 0 Å². The van der Waals surface area contributed by atoms with E-state index >= 15 is 0 Å². The van der Waals surface area contributed by atoms with E-state index in [1.54, 1.807) is 0 Å². The van der Waals surface area contributed by atoms with Gasteiger partial charge in [-0.25, -0.2) is 0 Å². The number of hydrogen-bond acceptors (Lipinski definition) is 2. The molecule has 0 spiro atoms. The molecule has 0 aliphatic carbocycles. The molecule has 0 amide bonds. The first-order valence-electron chi connectivity index (χ1n) is 5.83. The van der Waals surface area contributed by atoms with Crippen LogP contribution in [-0.2, 0) is 4.74 Å². The Morgan fingerprint density at radius 2 is 1.93 bits per heavy atom. The first-order valence-corrected chi connectivity index (χ1v) is 5.83. The summed E-state index contributed by atoms with van der Waals surface area (Å²) in [7, 11) is 0. The van der Waals surface area contributed by atoms with Crippen molar-refractivity contribution < 1.29 is 4.74 Å². The number of hydrogen-bond donors (Lipinski definition) is 1. The number of unbranched alkanes of at least 4 members (excludes halogenated alkanes) is 1. The first kappa shape index (κ1) is 13.9. The highest BCUT2D eigenvalue weighted by Gasteiger charge is 2.09. The minimum absolute atomic E-state index is 0.00562. The van der Waals surface area contributed by atoms with Crippen LogP contribution in [0.1, 0.15) is 53.9 Å². The lowest BCUT2D eigenvalue weighted by Gasteiger charge is -2.20. The normalized spacial score (nSPS) is 14.4.